The van der Waals surface area contributed by atoms with Crippen LogP contribution in [0.2, 0.25) is 0 Å². The average Bonchev–Trinajstić information content (AvgIpc) is 2.79. The van der Waals surface area contributed by atoms with Crippen LogP contribution in [0.4, 0.5) is 0 Å². The SMILES string of the molecule is CS(=O)(=O)N1CCN(C(=O)CN2C(=O)c3ccncc3C2=O)CC1. The summed E-state index contributed by atoms with van der Waals surface area (Å²) in [4.78, 5) is 43.0. The molecule has 0 atom stereocenters. The molecular formula is C14H16N4O5S. The monoisotopic (exact) mass is 352 g/mol. The quantitative estimate of drug-likeness (QED) is 0.631. The number of imide groups is 1. The van der Waals surface area contributed by atoms with Gasteiger partial charge in [0.1, 0.15) is 6.54 Å². The van der Waals surface area contributed by atoms with Gasteiger partial charge in [-0.2, -0.15) is 4.31 Å². The van der Waals surface area contributed by atoms with Crippen LogP contribution in [0.1, 0.15) is 20.7 Å². The number of piperazine rings is 1. The summed E-state index contributed by atoms with van der Waals surface area (Å²) in [7, 11) is -3.28. The molecule has 0 spiro atoms. The maximum Gasteiger partial charge on any atom is 0.263 e. The molecule has 1 saturated heterocycles. The molecule has 3 rings (SSSR count). The predicted octanol–water partition coefficient (Wildman–Crippen LogP) is -1.22. The molecule has 10 heteroatoms. The highest BCUT2D eigenvalue weighted by Gasteiger charge is 2.38. The second-order valence-electron chi connectivity index (χ2n) is 5.66. The number of hydrogen-bond acceptors (Lipinski definition) is 6. The summed E-state index contributed by atoms with van der Waals surface area (Å²) in [5.74, 6) is -1.43. The van der Waals surface area contributed by atoms with Crippen molar-refractivity contribution in [2.24, 2.45) is 0 Å². The Morgan fingerprint density at radius 2 is 1.75 bits per heavy atom. The molecule has 128 valence electrons. The standard InChI is InChI=1S/C14H16N4O5S/c1-24(22,23)17-6-4-16(5-7-17)12(19)9-18-13(20)10-2-3-15-8-11(10)14(18)21/h2-3,8H,4-7,9H2,1H3. The van der Waals surface area contributed by atoms with E-state index < -0.39 is 21.8 Å². The first kappa shape index (κ1) is 16.5. The molecule has 1 fully saturated rings. The van der Waals surface area contributed by atoms with Crippen LogP contribution in [0.3, 0.4) is 0 Å². The minimum Gasteiger partial charge on any atom is -0.338 e. The molecule has 3 heterocycles. The van der Waals surface area contributed by atoms with Crippen LogP contribution in [-0.2, 0) is 14.8 Å². The molecule has 2 aliphatic heterocycles. The number of sulfonamides is 1. The molecule has 9 nitrogen and oxygen atoms in total. The summed E-state index contributed by atoms with van der Waals surface area (Å²) in [6, 6.07) is 1.45. The number of carbonyl (C=O) groups is 3. The zero-order chi connectivity index (χ0) is 17.5. The van der Waals surface area contributed by atoms with E-state index in [1.54, 1.807) is 0 Å². The maximum absolute atomic E-state index is 12.3. The van der Waals surface area contributed by atoms with Gasteiger partial charge in [-0.1, -0.05) is 0 Å². The van der Waals surface area contributed by atoms with Gasteiger partial charge < -0.3 is 4.90 Å². The Kier molecular flexibility index (Phi) is 4.10. The number of rotatable bonds is 3. The van der Waals surface area contributed by atoms with E-state index in [4.69, 9.17) is 0 Å². The van der Waals surface area contributed by atoms with Crippen LogP contribution >= 0.6 is 0 Å². The molecule has 0 saturated carbocycles. The maximum atomic E-state index is 12.3. The number of amides is 3. The molecule has 0 unspecified atom stereocenters. The van der Waals surface area contributed by atoms with Gasteiger partial charge in [-0.15, -0.1) is 0 Å². The summed E-state index contributed by atoms with van der Waals surface area (Å²) in [5, 5.41) is 0. The Hall–Kier alpha value is -2.33. The minimum atomic E-state index is -3.28. The van der Waals surface area contributed by atoms with Crippen LogP contribution in [0.5, 0.6) is 0 Å². The summed E-state index contributed by atoms with van der Waals surface area (Å²) < 4.78 is 24.2. The molecule has 1 aromatic rings. The fourth-order valence-corrected chi connectivity index (χ4v) is 3.61. The van der Waals surface area contributed by atoms with Gasteiger partial charge in [0.2, 0.25) is 15.9 Å². The third-order valence-corrected chi connectivity index (χ3v) is 5.43. The van der Waals surface area contributed by atoms with E-state index >= 15 is 0 Å². The predicted molar refractivity (Wildman–Crippen MR) is 82.6 cm³/mol. The topological polar surface area (TPSA) is 108 Å². The highest BCUT2D eigenvalue weighted by molar-refractivity contribution is 7.88. The van der Waals surface area contributed by atoms with Gasteiger partial charge in [0.05, 0.1) is 17.4 Å². The van der Waals surface area contributed by atoms with Crippen molar-refractivity contribution in [1.29, 1.82) is 0 Å². The van der Waals surface area contributed by atoms with E-state index in [0.717, 1.165) is 11.2 Å². The zero-order valence-electron chi connectivity index (χ0n) is 13.0. The molecule has 24 heavy (non-hydrogen) atoms. The zero-order valence-corrected chi connectivity index (χ0v) is 13.8. The van der Waals surface area contributed by atoms with E-state index in [-0.39, 0.29) is 49.8 Å². The lowest BCUT2D eigenvalue weighted by atomic mass is 10.2. The van der Waals surface area contributed by atoms with Crippen molar-refractivity contribution < 1.29 is 22.8 Å². The van der Waals surface area contributed by atoms with Crippen molar-refractivity contribution >= 4 is 27.7 Å². The van der Waals surface area contributed by atoms with Crippen molar-refractivity contribution in [1.82, 2.24) is 19.1 Å². The summed E-state index contributed by atoms with van der Waals surface area (Å²) >= 11 is 0. The van der Waals surface area contributed by atoms with E-state index in [1.807, 2.05) is 0 Å². The summed E-state index contributed by atoms with van der Waals surface area (Å²) in [6.45, 7) is 0.520. The Bertz CT molecular complexity index is 779. The smallest absolute Gasteiger partial charge is 0.263 e. The lowest BCUT2D eigenvalue weighted by Gasteiger charge is -2.33. The molecule has 2 aliphatic rings. The average molecular weight is 352 g/mol. The van der Waals surface area contributed by atoms with Crippen molar-refractivity contribution in [2.75, 3.05) is 39.0 Å². The Morgan fingerprint density at radius 3 is 2.33 bits per heavy atom. The number of aromatic nitrogens is 1. The largest absolute Gasteiger partial charge is 0.338 e. The van der Waals surface area contributed by atoms with Crippen LogP contribution in [0, 0.1) is 0 Å². The van der Waals surface area contributed by atoms with Gasteiger partial charge in [0.25, 0.3) is 11.8 Å². The Labute approximate surface area is 138 Å². The second kappa shape index (κ2) is 5.95. The van der Waals surface area contributed by atoms with Crippen molar-refractivity contribution in [3.05, 3.63) is 29.6 Å². The van der Waals surface area contributed by atoms with Crippen molar-refractivity contribution in [3.63, 3.8) is 0 Å². The van der Waals surface area contributed by atoms with Gasteiger partial charge in [0, 0.05) is 38.6 Å². The van der Waals surface area contributed by atoms with Gasteiger partial charge in [-0.3, -0.25) is 24.3 Å². The van der Waals surface area contributed by atoms with Crippen molar-refractivity contribution in [3.8, 4) is 0 Å². The number of fused-ring (bicyclic) bond motifs is 1. The first-order valence-corrected chi connectivity index (χ1v) is 9.17. The Morgan fingerprint density at radius 1 is 1.12 bits per heavy atom. The molecular weight excluding hydrogens is 336 g/mol. The lowest BCUT2D eigenvalue weighted by Crippen LogP contribution is -2.52. The van der Waals surface area contributed by atoms with Gasteiger partial charge in [-0.25, -0.2) is 8.42 Å². The molecule has 0 bridgehead atoms. The van der Waals surface area contributed by atoms with Gasteiger partial charge in [0.15, 0.2) is 0 Å². The molecule has 3 amide bonds. The normalized spacial score (nSPS) is 18.9. The number of nitrogens with zero attached hydrogens (tertiary/aromatic N) is 4. The lowest BCUT2D eigenvalue weighted by molar-refractivity contribution is -0.132. The van der Waals surface area contributed by atoms with E-state index in [2.05, 4.69) is 4.98 Å². The van der Waals surface area contributed by atoms with E-state index in [1.165, 1.54) is 27.7 Å². The molecule has 0 aromatic carbocycles. The number of carbonyl (C=O) groups excluding carboxylic acids is 3. The molecule has 0 N–H and O–H groups in total. The third-order valence-electron chi connectivity index (χ3n) is 4.13. The van der Waals surface area contributed by atoms with Gasteiger partial charge in [-0.05, 0) is 6.07 Å². The highest BCUT2D eigenvalue weighted by atomic mass is 32.2. The minimum absolute atomic E-state index is 0.192. The highest BCUT2D eigenvalue weighted by Crippen LogP contribution is 2.21. The third kappa shape index (κ3) is 2.89. The summed E-state index contributed by atoms with van der Waals surface area (Å²) in [6.07, 6.45) is 3.85. The van der Waals surface area contributed by atoms with E-state index in [9.17, 15) is 22.8 Å². The van der Waals surface area contributed by atoms with E-state index in [0.29, 0.717) is 0 Å². The first-order chi connectivity index (χ1) is 11.3. The van der Waals surface area contributed by atoms with Crippen molar-refractivity contribution in [2.45, 2.75) is 0 Å². The number of pyridine rings is 1. The molecule has 1 aromatic heterocycles. The fraction of sp³-hybridized carbons (Fsp3) is 0.429. The summed E-state index contributed by atoms with van der Waals surface area (Å²) in [5.41, 5.74) is 0.432. The molecule has 0 radical (unpaired) electrons. The van der Waals surface area contributed by atoms with Crippen LogP contribution in [0.25, 0.3) is 0 Å². The first-order valence-electron chi connectivity index (χ1n) is 7.32. The fourth-order valence-electron chi connectivity index (χ4n) is 2.78. The van der Waals surface area contributed by atoms with Gasteiger partial charge >= 0.3 is 0 Å². The van der Waals surface area contributed by atoms with Crippen LogP contribution in [-0.4, -0.2) is 84.2 Å². The molecule has 0 aliphatic carbocycles. The number of hydrogen-bond donors (Lipinski definition) is 0. The Balaban J connectivity index is 1.65. The second-order valence-corrected chi connectivity index (χ2v) is 7.64. The van der Waals surface area contributed by atoms with Crippen LogP contribution in [0.15, 0.2) is 18.5 Å². The van der Waals surface area contributed by atoms with Crippen LogP contribution < -0.4 is 0 Å².